The molecule has 4 aromatic carbocycles. The van der Waals surface area contributed by atoms with Crippen molar-refractivity contribution in [3.8, 4) is 45.6 Å². The maximum atomic E-state index is 5.71. The van der Waals surface area contributed by atoms with Gasteiger partial charge in [-0.25, -0.2) is 0 Å². The first-order chi connectivity index (χ1) is 19.5. The third-order valence-electron chi connectivity index (χ3n) is 7.16. The van der Waals surface area contributed by atoms with Crippen LogP contribution in [0.15, 0.2) is 72.8 Å². The molecular formula is C34H38O6. The minimum absolute atomic E-state index is 0.729. The lowest BCUT2D eigenvalue weighted by Crippen LogP contribution is -1.99. The SMILES string of the molecule is COc1ccc(-c2ccc(OC)c(CCc3ccc(OC)c(OC)c3)c2)cc1CCc1ccc(OC)c(OC)c1. The van der Waals surface area contributed by atoms with Crippen LogP contribution < -0.4 is 28.4 Å². The number of benzene rings is 4. The zero-order chi connectivity index (χ0) is 28.5. The van der Waals surface area contributed by atoms with E-state index >= 15 is 0 Å². The summed E-state index contributed by atoms with van der Waals surface area (Å²) >= 11 is 0. The van der Waals surface area contributed by atoms with Gasteiger partial charge in [-0.05, 0) is 108 Å². The van der Waals surface area contributed by atoms with Gasteiger partial charge in [-0.3, -0.25) is 0 Å². The summed E-state index contributed by atoms with van der Waals surface area (Å²) in [6, 6.07) is 24.9. The predicted octanol–water partition coefficient (Wildman–Crippen LogP) is 6.98. The maximum absolute atomic E-state index is 5.71. The number of aryl methyl sites for hydroxylation is 4. The van der Waals surface area contributed by atoms with E-state index in [4.69, 9.17) is 28.4 Å². The van der Waals surface area contributed by atoms with Crippen molar-refractivity contribution >= 4 is 0 Å². The maximum Gasteiger partial charge on any atom is 0.160 e. The molecule has 0 atom stereocenters. The van der Waals surface area contributed by atoms with Crippen LogP contribution in [0.4, 0.5) is 0 Å². The molecule has 4 rings (SSSR count). The van der Waals surface area contributed by atoms with Gasteiger partial charge in [0.1, 0.15) is 11.5 Å². The Balaban J connectivity index is 1.56. The highest BCUT2D eigenvalue weighted by Crippen LogP contribution is 2.33. The van der Waals surface area contributed by atoms with Crippen LogP contribution in [0.25, 0.3) is 11.1 Å². The van der Waals surface area contributed by atoms with Gasteiger partial charge in [0.05, 0.1) is 42.7 Å². The average Bonchev–Trinajstić information content (AvgIpc) is 3.01. The molecule has 0 saturated carbocycles. The van der Waals surface area contributed by atoms with E-state index in [9.17, 15) is 0 Å². The van der Waals surface area contributed by atoms with Crippen molar-refractivity contribution in [1.82, 2.24) is 0 Å². The highest BCUT2D eigenvalue weighted by Gasteiger charge is 2.12. The van der Waals surface area contributed by atoms with E-state index in [0.717, 1.165) is 82.4 Å². The third kappa shape index (κ3) is 6.63. The lowest BCUT2D eigenvalue weighted by Gasteiger charge is -2.15. The molecule has 0 aromatic heterocycles. The lowest BCUT2D eigenvalue weighted by molar-refractivity contribution is 0.354. The molecule has 40 heavy (non-hydrogen) atoms. The van der Waals surface area contributed by atoms with Crippen LogP contribution >= 0.6 is 0 Å². The predicted molar refractivity (Wildman–Crippen MR) is 159 cm³/mol. The van der Waals surface area contributed by atoms with Crippen LogP contribution in [0.2, 0.25) is 0 Å². The minimum atomic E-state index is 0.729. The topological polar surface area (TPSA) is 55.4 Å². The van der Waals surface area contributed by atoms with E-state index in [1.165, 1.54) is 11.1 Å². The van der Waals surface area contributed by atoms with Gasteiger partial charge in [0, 0.05) is 0 Å². The number of rotatable bonds is 13. The molecule has 0 saturated heterocycles. The van der Waals surface area contributed by atoms with Gasteiger partial charge in [0.2, 0.25) is 0 Å². The zero-order valence-electron chi connectivity index (χ0n) is 24.2. The second-order valence-electron chi connectivity index (χ2n) is 9.43. The summed E-state index contributed by atoms with van der Waals surface area (Å²) in [5.41, 5.74) is 6.92. The Labute approximate surface area is 237 Å². The smallest absolute Gasteiger partial charge is 0.160 e. The van der Waals surface area contributed by atoms with Crippen LogP contribution in [0, 0.1) is 0 Å². The summed E-state index contributed by atoms with van der Waals surface area (Å²) in [6.07, 6.45) is 3.35. The molecule has 6 nitrogen and oxygen atoms in total. The molecule has 6 heteroatoms. The summed E-state index contributed by atoms with van der Waals surface area (Å²) < 4.78 is 33.1. The molecule has 0 radical (unpaired) electrons. The Hall–Kier alpha value is -4.32. The molecule has 0 heterocycles. The Morgan fingerprint density at radius 1 is 0.350 bits per heavy atom. The fourth-order valence-corrected chi connectivity index (χ4v) is 4.94. The molecule has 0 aliphatic rings. The summed E-state index contributed by atoms with van der Waals surface area (Å²) in [4.78, 5) is 0. The molecule has 210 valence electrons. The first-order valence-corrected chi connectivity index (χ1v) is 13.3. The minimum Gasteiger partial charge on any atom is -0.496 e. The first-order valence-electron chi connectivity index (χ1n) is 13.3. The first kappa shape index (κ1) is 28.7. The Morgan fingerprint density at radius 3 is 1.05 bits per heavy atom. The largest absolute Gasteiger partial charge is 0.496 e. The van der Waals surface area contributed by atoms with Crippen molar-refractivity contribution in [3.63, 3.8) is 0 Å². The van der Waals surface area contributed by atoms with E-state index in [0.29, 0.717) is 0 Å². The van der Waals surface area contributed by atoms with E-state index in [1.807, 2.05) is 36.4 Å². The van der Waals surface area contributed by atoms with E-state index in [-0.39, 0.29) is 0 Å². The van der Waals surface area contributed by atoms with Gasteiger partial charge >= 0.3 is 0 Å². The standard InChI is InChI=1S/C34H38O6/c1-35-29-17-13-25(21-27(29)11-7-23-9-15-31(37-3)33(19-23)39-5)26-14-18-30(36-2)28(22-26)12-8-24-10-16-32(38-4)34(20-24)40-6/h9-10,13-22H,7-8,11-12H2,1-6H3. The summed E-state index contributed by atoms with van der Waals surface area (Å²) in [6.45, 7) is 0. The highest BCUT2D eigenvalue weighted by molar-refractivity contribution is 5.68. The van der Waals surface area contributed by atoms with Crippen molar-refractivity contribution in [1.29, 1.82) is 0 Å². The third-order valence-corrected chi connectivity index (χ3v) is 7.16. The van der Waals surface area contributed by atoms with Crippen molar-refractivity contribution < 1.29 is 28.4 Å². The van der Waals surface area contributed by atoms with Crippen molar-refractivity contribution in [2.45, 2.75) is 25.7 Å². The van der Waals surface area contributed by atoms with Crippen molar-refractivity contribution in [3.05, 3.63) is 95.1 Å². The molecule has 4 aromatic rings. The Bertz CT molecular complexity index is 1320. The van der Waals surface area contributed by atoms with Crippen LogP contribution in [0.3, 0.4) is 0 Å². The van der Waals surface area contributed by atoms with Crippen LogP contribution in [-0.4, -0.2) is 42.7 Å². The lowest BCUT2D eigenvalue weighted by atomic mass is 9.95. The van der Waals surface area contributed by atoms with Crippen molar-refractivity contribution in [2.24, 2.45) is 0 Å². The van der Waals surface area contributed by atoms with Gasteiger partial charge < -0.3 is 28.4 Å². The van der Waals surface area contributed by atoms with E-state index in [2.05, 4.69) is 36.4 Å². The number of ether oxygens (including phenoxy) is 6. The molecule has 0 aliphatic heterocycles. The summed E-state index contributed by atoms with van der Waals surface area (Å²) in [5.74, 6) is 4.69. The molecule has 0 N–H and O–H groups in total. The molecule has 0 amide bonds. The van der Waals surface area contributed by atoms with Gasteiger partial charge in [-0.15, -0.1) is 0 Å². The Kier molecular flexibility index (Phi) is 9.79. The van der Waals surface area contributed by atoms with E-state index < -0.39 is 0 Å². The van der Waals surface area contributed by atoms with Gasteiger partial charge in [-0.1, -0.05) is 24.3 Å². The summed E-state index contributed by atoms with van der Waals surface area (Å²) in [7, 11) is 10.0. The van der Waals surface area contributed by atoms with Crippen LogP contribution in [-0.2, 0) is 25.7 Å². The van der Waals surface area contributed by atoms with Gasteiger partial charge in [0.15, 0.2) is 23.0 Å². The molecular weight excluding hydrogens is 504 g/mol. The molecule has 0 aliphatic carbocycles. The zero-order valence-corrected chi connectivity index (χ0v) is 24.2. The van der Waals surface area contributed by atoms with Crippen LogP contribution in [0.1, 0.15) is 22.3 Å². The Morgan fingerprint density at radius 2 is 0.700 bits per heavy atom. The average molecular weight is 543 g/mol. The molecule has 0 fully saturated rings. The molecule has 0 unspecified atom stereocenters. The van der Waals surface area contributed by atoms with Crippen LogP contribution in [0.5, 0.6) is 34.5 Å². The van der Waals surface area contributed by atoms with Crippen molar-refractivity contribution in [2.75, 3.05) is 42.7 Å². The second kappa shape index (κ2) is 13.7. The normalized spacial score (nSPS) is 10.7. The van der Waals surface area contributed by atoms with Gasteiger partial charge in [0.25, 0.3) is 0 Å². The van der Waals surface area contributed by atoms with Gasteiger partial charge in [-0.2, -0.15) is 0 Å². The van der Waals surface area contributed by atoms with E-state index in [1.54, 1.807) is 42.7 Å². The number of hydrogen-bond donors (Lipinski definition) is 0. The molecule has 0 spiro atoms. The number of methoxy groups -OCH3 is 6. The second-order valence-corrected chi connectivity index (χ2v) is 9.43. The monoisotopic (exact) mass is 542 g/mol. The summed E-state index contributed by atoms with van der Waals surface area (Å²) in [5, 5.41) is 0. The highest BCUT2D eigenvalue weighted by atomic mass is 16.5. The quantitative estimate of drug-likeness (QED) is 0.182. The number of hydrogen-bond acceptors (Lipinski definition) is 6. The molecule has 0 bridgehead atoms. The fourth-order valence-electron chi connectivity index (χ4n) is 4.94. The fraction of sp³-hybridized carbons (Fsp3) is 0.294.